The van der Waals surface area contributed by atoms with E-state index in [2.05, 4.69) is 22.5 Å². The maximum atomic E-state index is 13.1. The summed E-state index contributed by atoms with van der Waals surface area (Å²) in [5.74, 6) is 0.869. The summed E-state index contributed by atoms with van der Waals surface area (Å²) in [5, 5.41) is 6.38. The number of para-hydroxylation sites is 1. The molecule has 31 heavy (non-hydrogen) atoms. The number of hydrogen-bond donors (Lipinski definition) is 2. The Morgan fingerprint density at radius 3 is 2.90 bits per heavy atom. The van der Waals surface area contributed by atoms with Crippen LogP contribution in [0, 0.1) is 17.3 Å². The molecular weight excluding hydrogens is 394 g/mol. The topological polar surface area (TPSA) is 79.9 Å². The van der Waals surface area contributed by atoms with E-state index in [4.69, 9.17) is 9.47 Å². The van der Waals surface area contributed by atoms with Crippen molar-refractivity contribution in [3.05, 3.63) is 29.8 Å². The first-order valence-electron chi connectivity index (χ1n) is 11.7. The van der Waals surface area contributed by atoms with Crippen LogP contribution in [0.3, 0.4) is 0 Å². The Morgan fingerprint density at radius 2 is 2.10 bits per heavy atom. The third-order valence-electron chi connectivity index (χ3n) is 7.87. The Hall–Kier alpha value is -2.12. The highest BCUT2D eigenvalue weighted by Crippen LogP contribution is 2.58. The molecule has 4 atom stereocenters. The van der Waals surface area contributed by atoms with E-state index in [0.717, 1.165) is 58.5 Å². The van der Waals surface area contributed by atoms with Gasteiger partial charge in [-0.1, -0.05) is 19.1 Å². The van der Waals surface area contributed by atoms with Crippen LogP contribution < -0.4 is 15.4 Å². The normalized spacial score (nSPS) is 34.7. The Labute approximate surface area is 183 Å². The van der Waals surface area contributed by atoms with Gasteiger partial charge in [0.05, 0.1) is 18.8 Å². The zero-order chi connectivity index (χ0) is 21.5. The van der Waals surface area contributed by atoms with Gasteiger partial charge in [-0.15, -0.1) is 0 Å². The number of amides is 2. The number of fused-ring (bicyclic) bond motifs is 3. The zero-order valence-corrected chi connectivity index (χ0v) is 18.3. The number of rotatable bonds is 5. The van der Waals surface area contributed by atoms with Crippen molar-refractivity contribution in [1.82, 2.24) is 15.5 Å². The fourth-order valence-corrected chi connectivity index (χ4v) is 6.12. The SMILES string of the molecule is C[C@]12CC[C@@H](C[C@@H]1C(=O)NCCCN1CCOCC1)[C@@]1(C2)NC(=O)c2ccccc2O1. The molecule has 2 heterocycles. The van der Waals surface area contributed by atoms with Crippen molar-refractivity contribution >= 4 is 11.8 Å². The molecule has 0 unspecified atom stereocenters. The van der Waals surface area contributed by atoms with E-state index < -0.39 is 5.72 Å². The molecule has 1 spiro atoms. The lowest BCUT2D eigenvalue weighted by Crippen LogP contribution is -2.69. The first-order chi connectivity index (χ1) is 15.0. The van der Waals surface area contributed by atoms with Gasteiger partial charge in [-0.05, 0) is 49.8 Å². The van der Waals surface area contributed by atoms with E-state index in [1.807, 2.05) is 18.2 Å². The molecule has 4 fully saturated rings. The molecule has 0 aromatic heterocycles. The molecule has 0 radical (unpaired) electrons. The predicted octanol–water partition coefficient (Wildman–Crippen LogP) is 2.17. The number of benzene rings is 1. The van der Waals surface area contributed by atoms with Crippen molar-refractivity contribution in [3.63, 3.8) is 0 Å². The number of hydrogen-bond acceptors (Lipinski definition) is 5. The van der Waals surface area contributed by atoms with Crippen LogP contribution in [0.2, 0.25) is 0 Å². The van der Waals surface area contributed by atoms with Crippen molar-refractivity contribution in [2.75, 3.05) is 39.4 Å². The molecule has 1 aromatic rings. The van der Waals surface area contributed by atoms with Gasteiger partial charge in [0.25, 0.3) is 5.91 Å². The second-order valence-corrected chi connectivity index (χ2v) is 9.90. The molecule has 6 rings (SSSR count). The minimum atomic E-state index is -0.689. The summed E-state index contributed by atoms with van der Waals surface area (Å²) < 4.78 is 11.8. The van der Waals surface area contributed by atoms with Crippen LogP contribution in [-0.4, -0.2) is 61.8 Å². The molecule has 2 bridgehead atoms. The number of ether oxygens (including phenoxy) is 2. The molecule has 2 aliphatic heterocycles. The van der Waals surface area contributed by atoms with Crippen LogP contribution >= 0.6 is 0 Å². The van der Waals surface area contributed by atoms with Crippen LogP contribution in [0.4, 0.5) is 0 Å². The number of nitrogens with one attached hydrogen (secondary N) is 2. The van der Waals surface area contributed by atoms with Crippen LogP contribution in [0.25, 0.3) is 0 Å². The highest BCUT2D eigenvalue weighted by Gasteiger charge is 2.61. The van der Waals surface area contributed by atoms with Gasteiger partial charge >= 0.3 is 0 Å². The summed E-state index contributed by atoms with van der Waals surface area (Å²) in [5.41, 5.74) is -0.275. The standard InChI is InChI=1S/C24H33N3O4/c1-23-8-7-17(24(16-23)26-21(28)18-5-2-3-6-20(18)31-24)15-19(23)22(29)25-9-4-10-27-11-13-30-14-12-27/h2-3,5-6,17,19H,4,7-16H2,1H3,(H,25,29)(H,26,28)/t17-,19+,23+,24-/m0/s1. The molecule has 2 amide bonds. The first kappa shape index (κ1) is 20.8. The van der Waals surface area contributed by atoms with Gasteiger partial charge in [-0.25, -0.2) is 0 Å². The van der Waals surface area contributed by atoms with E-state index in [-0.39, 0.29) is 29.1 Å². The van der Waals surface area contributed by atoms with Gasteiger partial charge in [0, 0.05) is 37.9 Å². The van der Waals surface area contributed by atoms with Crippen molar-refractivity contribution in [2.24, 2.45) is 17.3 Å². The van der Waals surface area contributed by atoms with E-state index >= 15 is 0 Å². The molecule has 3 saturated carbocycles. The molecule has 1 aromatic carbocycles. The molecule has 7 heteroatoms. The monoisotopic (exact) mass is 427 g/mol. The van der Waals surface area contributed by atoms with Gasteiger partial charge in [0.1, 0.15) is 5.75 Å². The van der Waals surface area contributed by atoms with E-state index in [9.17, 15) is 9.59 Å². The second-order valence-electron chi connectivity index (χ2n) is 9.90. The summed E-state index contributed by atoms with van der Waals surface area (Å²) in [7, 11) is 0. The fourth-order valence-electron chi connectivity index (χ4n) is 6.12. The summed E-state index contributed by atoms with van der Waals surface area (Å²) >= 11 is 0. The Kier molecular flexibility index (Phi) is 5.42. The Balaban J connectivity index is 1.21. The lowest BCUT2D eigenvalue weighted by molar-refractivity contribution is -0.167. The molecule has 5 aliphatic rings. The maximum absolute atomic E-state index is 13.1. The highest BCUT2D eigenvalue weighted by atomic mass is 16.5. The van der Waals surface area contributed by atoms with Crippen LogP contribution in [-0.2, 0) is 9.53 Å². The van der Waals surface area contributed by atoms with Crippen molar-refractivity contribution < 1.29 is 19.1 Å². The molecule has 168 valence electrons. The number of nitrogens with zero attached hydrogens (tertiary/aromatic N) is 1. The predicted molar refractivity (Wildman–Crippen MR) is 116 cm³/mol. The summed E-state index contributed by atoms with van der Waals surface area (Å²) in [6.45, 7) is 7.46. The largest absolute Gasteiger partial charge is 0.467 e. The van der Waals surface area contributed by atoms with Gasteiger partial charge in [-0.3, -0.25) is 14.5 Å². The first-order valence-corrected chi connectivity index (χ1v) is 11.7. The summed E-state index contributed by atoms with van der Waals surface area (Å²) in [6.07, 6.45) is 4.36. The molecular formula is C24H33N3O4. The van der Waals surface area contributed by atoms with E-state index in [1.165, 1.54) is 0 Å². The lowest BCUT2D eigenvalue weighted by atomic mass is 9.52. The van der Waals surface area contributed by atoms with Gasteiger partial charge < -0.3 is 20.1 Å². The Morgan fingerprint density at radius 1 is 1.29 bits per heavy atom. The zero-order valence-electron chi connectivity index (χ0n) is 18.3. The maximum Gasteiger partial charge on any atom is 0.258 e. The van der Waals surface area contributed by atoms with E-state index in [1.54, 1.807) is 6.07 Å². The average molecular weight is 428 g/mol. The second kappa shape index (κ2) is 8.10. The number of carbonyl (C=O) groups excluding carboxylic acids is 2. The third kappa shape index (κ3) is 3.82. The van der Waals surface area contributed by atoms with Crippen LogP contribution in [0.5, 0.6) is 5.75 Å². The quantitative estimate of drug-likeness (QED) is 0.704. The minimum absolute atomic E-state index is 0.0297. The fraction of sp³-hybridized carbons (Fsp3) is 0.667. The lowest BCUT2D eigenvalue weighted by Gasteiger charge is -2.59. The summed E-state index contributed by atoms with van der Waals surface area (Å²) in [4.78, 5) is 28.3. The number of morpholine rings is 1. The van der Waals surface area contributed by atoms with Crippen molar-refractivity contribution in [1.29, 1.82) is 0 Å². The van der Waals surface area contributed by atoms with Crippen molar-refractivity contribution in [2.45, 2.75) is 44.8 Å². The average Bonchev–Trinajstić information content (AvgIpc) is 2.77. The van der Waals surface area contributed by atoms with Crippen LogP contribution in [0.15, 0.2) is 24.3 Å². The molecule has 7 nitrogen and oxygen atoms in total. The van der Waals surface area contributed by atoms with Gasteiger partial charge in [-0.2, -0.15) is 0 Å². The van der Waals surface area contributed by atoms with Gasteiger partial charge in [0.15, 0.2) is 5.72 Å². The number of carbonyl (C=O) groups is 2. The van der Waals surface area contributed by atoms with Crippen molar-refractivity contribution in [3.8, 4) is 5.75 Å². The highest BCUT2D eigenvalue weighted by molar-refractivity contribution is 5.98. The Bertz CT molecular complexity index is 855. The molecule has 2 N–H and O–H groups in total. The molecule has 3 aliphatic carbocycles. The van der Waals surface area contributed by atoms with E-state index in [0.29, 0.717) is 24.3 Å². The smallest absolute Gasteiger partial charge is 0.258 e. The third-order valence-corrected chi connectivity index (χ3v) is 7.87. The summed E-state index contributed by atoms with van der Waals surface area (Å²) in [6, 6.07) is 7.43. The minimum Gasteiger partial charge on any atom is -0.467 e. The van der Waals surface area contributed by atoms with Gasteiger partial charge in [0.2, 0.25) is 5.91 Å². The molecule has 1 saturated heterocycles. The van der Waals surface area contributed by atoms with Crippen LogP contribution in [0.1, 0.15) is 49.4 Å².